The first-order valence-electron chi connectivity index (χ1n) is 5.36. The van der Waals surface area contributed by atoms with Crippen LogP contribution in [0.3, 0.4) is 0 Å². The SMILES string of the molecule is COc1ccc(C(=O)Nc2ccc(Cl)nc2)cc1Br. The van der Waals surface area contributed by atoms with Crippen LogP contribution in [-0.4, -0.2) is 18.0 Å². The van der Waals surface area contributed by atoms with Gasteiger partial charge in [-0.25, -0.2) is 4.98 Å². The number of hydrogen-bond acceptors (Lipinski definition) is 3. The largest absolute Gasteiger partial charge is 0.496 e. The van der Waals surface area contributed by atoms with Crippen LogP contribution in [0.1, 0.15) is 10.4 Å². The van der Waals surface area contributed by atoms with E-state index < -0.39 is 0 Å². The minimum Gasteiger partial charge on any atom is -0.496 e. The molecule has 0 unspecified atom stereocenters. The second-order valence-corrected chi connectivity index (χ2v) is 4.91. The third-order valence-electron chi connectivity index (χ3n) is 2.40. The monoisotopic (exact) mass is 340 g/mol. The number of nitrogens with one attached hydrogen (secondary N) is 1. The molecule has 0 atom stereocenters. The van der Waals surface area contributed by atoms with E-state index >= 15 is 0 Å². The summed E-state index contributed by atoms with van der Waals surface area (Å²) in [7, 11) is 1.57. The van der Waals surface area contributed by atoms with Crippen LogP contribution in [0.4, 0.5) is 5.69 Å². The standard InChI is InChI=1S/C13H10BrClN2O2/c1-19-11-4-2-8(6-10(11)14)13(18)17-9-3-5-12(15)16-7-9/h2-7H,1H3,(H,17,18). The molecule has 19 heavy (non-hydrogen) atoms. The summed E-state index contributed by atoms with van der Waals surface area (Å²) in [6.07, 6.45) is 1.50. The summed E-state index contributed by atoms with van der Waals surface area (Å²) in [5.74, 6) is 0.442. The van der Waals surface area contributed by atoms with Crippen molar-refractivity contribution in [3.8, 4) is 5.75 Å². The summed E-state index contributed by atoms with van der Waals surface area (Å²) in [4.78, 5) is 15.9. The molecule has 1 aromatic heterocycles. The van der Waals surface area contributed by atoms with Crippen LogP contribution in [0.5, 0.6) is 5.75 Å². The maximum atomic E-state index is 12.0. The molecule has 6 heteroatoms. The number of rotatable bonds is 3. The molecule has 1 heterocycles. The van der Waals surface area contributed by atoms with E-state index in [2.05, 4.69) is 26.2 Å². The Hall–Kier alpha value is -1.59. The van der Waals surface area contributed by atoms with Crippen LogP contribution in [0.25, 0.3) is 0 Å². The first kappa shape index (κ1) is 13.8. The number of pyridine rings is 1. The van der Waals surface area contributed by atoms with Gasteiger partial charge in [0.05, 0.1) is 23.5 Å². The number of amides is 1. The number of carbonyl (C=O) groups is 1. The van der Waals surface area contributed by atoms with Crippen molar-refractivity contribution in [1.29, 1.82) is 0 Å². The summed E-state index contributed by atoms with van der Waals surface area (Å²) >= 11 is 9.01. The lowest BCUT2D eigenvalue weighted by atomic mass is 10.2. The van der Waals surface area contributed by atoms with Crippen molar-refractivity contribution in [3.63, 3.8) is 0 Å². The lowest BCUT2D eigenvalue weighted by Crippen LogP contribution is -2.12. The zero-order valence-corrected chi connectivity index (χ0v) is 12.3. The van der Waals surface area contributed by atoms with E-state index in [4.69, 9.17) is 16.3 Å². The number of aromatic nitrogens is 1. The highest BCUT2D eigenvalue weighted by molar-refractivity contribution is 9.10. The molecule has 0 aliphatic heterocycles. The Morgan fingerprint density at radius 1 is 1.37 bits per heavy atom. The van der Waals surface area contributed by atoms with Crippen molar-refractivity contribution in [2.75, 3.05) is 12.4 Å². The summed E-state index contributed by atoms with van der Waals surface area (Å²) in [6.45, 7) is 0. The molecule has 0 saturated carbocycles. The third-order valence-corrected chi connectivity index (χ3v) is 3.24. The van der Waals surface area contributed by atoms with E-state index in [0.29, 0.717) is 22.2 Å². The van der Waals surface area contributed by atoms with Gasteiger partial charge in [0, 0.05) is 5.56 Å². The van der Waals surface area contributed by atoms with Gasteiger partial charge < -0.3 is 10.1 Å². The molecule has 1 N–H and O–H groups in total. The van der Waals surface area contributed by atoms with Crippen LogP contribution in [-0.2, 0) is 0 Å². The molecule has 2 aromatic rings. The molecule has 0 aliphatic carbocycles. The number of benzene rings is 1. The number of ether oxygens (including phenoxy) is 1. The Labute approximate surface area is 123 Å². The minimum absolute atomic E-state index is 0.229. The van der Waals surface area contributed by atoms with Gasteiger partial charge in [0.2, 0.25) is 0 Å². The molecule has 1 amide bonds. The first-order valence-corrected chi connectivity index (χ1v) is 6.53. The summed E-state index contributed by atoms with van der Waals surface area (Å²) < 4.78 is 5.83. The van der Waals surface area contributed by atoms with Gasteiger partial charge in [-0.2, -0.15) is 0 Å². The van der Waals surface area contributed by atoms with Crippen molar-refractivity contribution < 1.29 is 9.53 Å². The number of nitrogens with zero attached hydrogens (tertiary/aromatic N) is 1. The van der Waals surface area contributed by atoms with Crippen LogP contribution in [0, 0.1) is 0 Å². The molecule has 4 nitrogen and oxygen atoms in total. The van der Waals surface area contributed by atoms with Gasteiger partial charge in [-0.05, 0) is 46.3 Å². The Morgan fingerprint density at radius 3 is 2.74 bits per heavy atom. The Kier molecular flexibility index (Phi) is 4.39. The number of carbonyl (C=O) groups excluding carboxylic acids is 1. The number of methoxy groups -OCH3 is 1. The molecule has 1 aromatic carbocycles. The van der Waals surface area contributed by atoms with E-state index in [0.717, 1.165) is 4.47 Å². The summed E-state index contributed by atoms with van der Waals surface area (Å²) in [5, 5.41) is 3.11. The zero-order valence-electron chi connectivity index (χ0n) is 9.98. The van der Waals surface area contributed by atoms with Crippen molar-refractivity contribution in [1.82, 2.24) is 4.98 Å². The van der Waals surface area contributed by atoms with E-state index in [1.807, 2.05) is 0 Å². The second-order valence-electron chi connectivity index (χ2n) is 3.67. The maximum Gasteiger partial charge on any atom is 0.255 e. The molecule has 0 fully saturated rings. The minimum atomic E-state index is -0.229. The van der Waals surface area contributed by atoms with E-state index in [1.165, 1.54) is 6.20 Å². The number of hydrogen-bond donors (Lipinski definition) is 1. The smallest absolute Gasteiger partial charge is 0.255 e. The topological polar surface area (TPSA) is 51.2 Å². The normalized spacial score (nSPS) is 10.1. The Balaban J connectivity index is 2.16. The fourth-order valence-corrected chi connectivity index (χ4v) is 2.11. The fourth-order valence-electron chi connectivity index (χ4n) is 1.46. The number of anilines is 1. The highest BCUT2D eigenvalue weighted by Gasteiger charge is 2.09. The predicted molar refractivity (Wildman–Crippen MR) is 77.9 cm³/mol. The molecule has 0 aliphatic rings. The van der Waals surface area contributed by atoms with Crippen LogP contribution in [0.15, 0.2) is 41.0 Å². The lowest BCUT2D eigenvalue weighted by molar-refractivity contribution is 0.102. The molecule has 0 radical (unpaired) electrons. The van der Waals surface area contributed by atoms with Crippen molar-refractivity contribution in [2.45, 2.75) is 0 Å². The van der Waals surface area contributed by atoms with E-state index in [9.17, 15) is 4.79 Å². The molecule has 2 rings (SSSR count). The van der Waals surface area contributed by atoms with Gasteiger partial charge in [-0.15, -0.1) is 0 Å². The molecule has 0 spiro atoms. The number of halogens is 2. The van der Waals surface area contributed by atoms with Crippen LogP contribution < -0.4 is 10.1 Å². The highest BCUT2D eigenvalue weighted by Crippen LogP contribution is 2.25. The van der Waals surface area contributed by atoms with Crippen molar-refractivity contribution in [2.24, 2.45) is 0 Å². The third kappa shape index (κ3) is 3.45. The maximum absolute atomic E-state index is 12.0. The van der Waals surface area contributed by atoms with Gasteiger partial charge in [-0.1, -0.05) is 11.6 Å². The summed E-state index contributed by atoms with van der Waals surface area (Å²) in [5.41, 5.74) is 1.10. The first-order chi connectivity index (χ1) is 9.10. The molecule has 0 bridgehead atoms. The van der Waals surface area contributed by atoms with Crippen LogP contribution in [0.2, 0.25) is 5.15 Å². The molecular formula is C13H10BrClN2O2. The van der Waals surface area contributed by atoms with Crippen LogP contribution >= 0.6 is 27.5 Å². The molecular weight excluding hydrogens is 332 g/mol. The predicted octanol–water partition coefficient (Wildman–Crippen LogP) is 3.76. The second kappa shape index (κ2) is 6.04. The fraction of sp³-hybridized carbons (Fsp3) is 0.0769. The summed E-state index contributed by atoms with van der Waals surface area (Å²) in [6, 6.07) is 8.39. The van der Waals surface area contributed by atoms with Gasteiger partial charge in [0.1, 0.15) is 10.9 Å². The highest BCUT2D eigenvalue weighted by atomic mass is 79.9. The zero-order chi connectivity index (χ0) is 13.8. The molecule has 98 valence electrons. The van der Waals surface area contributed by atoms with Crippen molar-refractivity contribution >= 4 is 39.1 Å². The Bertz CT molecular complexity index is 602. The Morgan fingerprint density at radius 2 is 2.16 bits per heavy atom. The van der Waals surface area contributed by atoms with Gasteiger partial charge >= 0.3 is 0 Å². The van der Waals surface area contributed by atoms with Gasteiger partial charge in [0.25, 0.3) is 5.91 Å². The average Bonchev–Trinajstić information content (AvgIpc) is 2.41. The van der Waals surface area contributed by atoms with E-state index in [1.54, 1.807) is 37.4 Å². The van der Waals surface area contributed by atoms with Crippen molar-refractivity contribution in [3.05, 3.63) is 51.7 Å². The average molecular weight is 342 g/mol. The van der Waals surface area contributed by atoms with E-state index in [-0.39, 0.29) is 5.91 Å². The lowest BCUT2D eigenvalue weighted by Gasteiger charge is -2.07. The quantitative estimate of drug-likeness (QED) is 0.865. The van der Waals surface area contributed by atoms with Gasteiger partial charge in [-0.3, -0.25) is 4.79 Å². The molecule has 0 saturated heterocycles. The van der Waals surface area contributed by atoms with Gasteiger partial charge in [0.15, 0.2) is 0 Å².